The molecule has 1 aromatic heterocycles. The summed E-state index contributed by atoms with van der Waals surface area (Å²) in [6.07, 6.45) is 2.95. The first-order valence-corrected chi connectivity index (χ1v) is 9.83. The summed E-state index contributed by atoms with van der Waals surface area (Å²) in [6.45, 7) is 5.82. The van der Waals surface area contributed by atoms with Crippen LogP contribution in [0, 0.1) is 5.92 Å². The Labute approximate surface area is 131 Å². The van der Waals surface area contributed by atoms with Gasteiger partial charge in [-0.2, -0.15) is 0 Å². The normalized spacial score (nSPS) is 19.2. The van der Waals surface area contributed by atoms with E-state index in [1.54, 1.807) is 11.4 Å². The van der Waals surface area contributed by atoms with E-state index in [0.717, 1.165) is 50.4 Å². The Hall–Kier alpha value is -0.470. The minimum atomic E-state index is -3.37. The van der Waals surface area contributed by atoms with Gasteiger partial charge < -0.3 is 10.1 Å². The minimum absolute atomic E-state index is 0.378. The lowest BCUT2D eigenvalue weighted by atomic mass is 10.1. The smallest absolute Gasteiger partial charge is 0.241 e. The van der Waals surface area contributed by atoms with Crippen molar-refractivity contribution in [3.05, 3.63) is 16.3 Å². The molecule has 0 bridgehead atoms. The van der Waals surface area contributed by atoms with E-state index in [4.69, 9.17) is 4.74 Å². The van der Waals surface area contributed by atoms with Gasteiger partial charge in [0.05, 0.1) is 4.90 Å². The highest BCUT2D eigenvalue weighted by Crippen LogP contribution is 2.20. The van der Waals surface area contributed by atoms with Crippen molar-refractivity contribution in [1.82, 2.24) is 10.0 Å². The van der Waals surface area contributed by atoms with Gasteiger partial charge in [-0.25, -0.2) is 13.1 Å². The number of nitrogens with one attached hydrogen (secondary N) is 2. The predicted molar refractivity (Wildman–Crippen MR) is 85.0 cm³/mol. The van der Waals surface area contributed by atoms with Crippen LogP contribution in [0.1, 0.15) is 31.1 Å². The van der Waals surface area contributed by atoms with Crippen LogP contribution in [0.25, 0.3) is 0 Å². The molecule has 0 radical (unpaired) electrons. The summed E-state index contributed by atoms with van der Waals surface area (Å²) < 4.78 is 32.4. The largest absolute Gasteiger partial charge is 0.381 e. The molecule has 0 saturated carbocycles. The van der Waals surface area contributed by atoms with E-state index in [2.05, 4.69) is 17.0 Å². The van der Waals surface area contributed by atoms with Gasteiger partial charge in [-0.05, 0) is 37.8 Å². The van der Waals surface area contributed by atoms with Gasteiger partial charge in [-0.3, -0.25) is 0 Å². The molecule has 0 spiro atoms. The van der Waals surface area contributed by atoms with Crippen molar-refractivity contribution < 1.29 is 13.2 Å². The predicted octanol–water partition coefficient (Wildman–Crippen LogP) is 1.95. The molecule has 5 nitrogen and oxygen atoms in total. The molecule has 7 heteroatoms. The first-order valence-electron chi connectivity index (χ1n) is 7.47. The third-order valence-corrected chi connectivity index (χ3v) is 6.06. The molecule has 2 heterocycles. The van der Waals surface area contributed by atoms with Crippen LogP contribution >= 0.6 is 11.3 Å². The molecule has 0 amide bonds. The molecule has 0 aliphatic carbocycles. The average molecular weight is 332 g/mol. The summed E-state index contributed by atoms with van der Waals surface area (Å²) in [5.74, 6) is 0.490. The number of rotatable bonds is 9. The lowest BCUT2D eigenvalue weighted by Gasteiger charge is -2.08. The maximum atomic E-state index is 12.2. The summed E-state index contributed by atoms with van der Waals surface area (Å²) in [4.78, 5) is 1.43. The summed E-state index contributed by atoms with van der Waals surface area (Å²) in [5.41, 5.74) is 0. The van der Waals surface area contributed by atoms with E-state index in [1.807, 2.05) is 0 Å². The summed E-state index contributed by atoms with van der Waals surface area (Å²) in [6, 6.07) is 1.76. The maximum Gasteiger partial charge on any atom is 0.241 e. The first-order chi connectivity index (χ1) is 10.1. The van der Waals surface area contributed by atoms with Crippen molar-refractivity contribution >= 4 is 21.4 Å². The van der Waals surface area contributed by atoms with E-state index in [0.29, 0.717) is 17.4 Å². The van der Waals surface area contributed by atoms with E-state index in [-0.39, 0.29) is 0 Å². The van der Waals surface area contributed by atoms with Gasteiger partial charge >= 0.3 is 0 Å². The highest BCUT2D eigenvalue weighted by Gasteiger charge is 2.19. The Morgan fingerprint density at radius 3 is 3.00 bits per heavy atom. The van der Waals surface area contributed by atoms with Crippen LogP contribution in [0.2, 0.25) is 0 Å². The molecule has 21 heavy (non-hydrogen) atoms. The molecule has 2 N–H and O–H groups in total. The Morgan fingerprint density at radius 2 is 2.29 bits per heavy atom. The number of hydrogen-bond acceptors (Lipinski definition) is 5. The maximum absolute atomic E-state index is 12.2. The van der Waals surface area contributed by atoms with Crippen molar-refractivity contribution in [1.29, 1.82) is 0 Å². The second-order valence-electron chi connectivity index (χ2n) is 5.34. The number of sulfonamides is 1. The fourth-order valence-corrected chi connectivity index (χ4v) is 4.57. The third kappa shape index (κ3) is 5.34. The van der Waals surface area contributed by atoms with E-state index < -0.39 is 10.0 Å². The summed E-state index contributed by atoms with van der Waals surface area (Å²) >= 11 is 1.48. The lowest BCUT2D eigenvalue weighted by molar-refractivity contribution is 0.184. The van der Waals surface area contributed by atoms with Gasteiger partial charge in [0, 0.05) is 36.6 Å². The SMILES string of the molecule is CCCNCc1cc(S(=O)(=O)NCCC2CCOC2)cs1. The number of thiophene rings is 1. The zero-order valence-electron chi connectivity index (χ0n) is 12.4. The van der Waals surface area contributed by atoms with Crippen molar-refractivity contribution in [2.24, 2.45) is 5.92 Å². The van der Waals surface area contributed by atoms with Gasteiger partial charge in [-0.1, -0.05) is 6.92 Å². The number of ether oxygens (including phenoxy) is 1. The molecule has 0 aromatic carbocycles. The van der Waals surface area contributed by atoms with Crippen LogP contribution < -0.4 is 10.0 Å². The standard InChI is InChI=1S/C14H24N2O3S2/c1-2-5-15-9-13-8-14(11-20-13)21(17,18)16-6-3-12-4-7-19-10-12/h8,11-12,15-16H,2-7,9-10H2,1H3. The van der Waals surface area contributed by atoms with Gasteiger partial charge in [0.2, 0.25) is 10.0 Å². The Balaban J connectivity index is 1.80. The van der Waals surface area contributed by atoms with Crippen molar-refractivity contribution in [2.75, 3.05) is 26.3 Å². The second-order valence-corrected chi connectivity index (χ2v) is 8.10. The molecule has 120 valence electrons. The highest BCUT2D eigenvalue weighted by molar-refractivity contribution is 7.89. The molecule has 1 fully saturated rings. The molecule has 1 atom stereocenters. The van der Waals surface area contributed by atoms with Gasteiger partial charge in [-0.15, -0.1) is 11.3 Å². The average Bonchev–Trinajstić information content (AvgIpc) is 3.10. The number of hydrogen-bond donors (Lipinski definition) is 2. The zero-order valence-corrected chi connectivity index (χ0v) is 14.1. The highest BCUT2D eigenvalue weighted by atomic mass is 32.2. The van der Waals surface area contributed by atoms with Crippen molar-refractivity contribution in [2.45, 2.75) is 37.6 Å². The topological polar surface area (TPSA) is 67.4 Å². The van der Waals surface area contributed by atoms with Crippen LogP contribution in [0.3, 0.4) is 0 Å². The fraction of sp³-hybridized carbons (Fsp3) is 0.714. The Morgan fingerprint density at radius 1 is 1.43 bits per heavy atom. The van der Waals surface area contributed by atoms with Gasteiger partial charge in [0.1, 0.15) is 0 Å². The van der Waals surface area contributed by atoms with E-state index in [1.165, 1.54) is 11.3 Å². The van der Waals surface area contributed by atoms with Crippen LogP contribution in [0.5, 0.6) is 0 Å². The lowest BCUT2D eigenvalue weighted by Crippen LogP contribution is -2.26. The van der Waals surface area contributed by atoms with Crippen LogP contribution in [0.4, 0.5) is 0 Å². The third-order valence-electron chi connectivity index (χ3n) is 3.53. The van der Waals surface area contributed by atoms with Crippen LogP contribution in [0.15, 0.2) is 16.3 Å². The summed E-state index contributed by atoms with van der Waals surface area (Å²) in [5, 5.41) is 4.99. The molecule has 1 aliphatic heterocycles. The zero-order chi connectivity index (χ0) is 15.1. The monoisotopic (exact) mass is 332 g/mol. The molecular formula is C14H24N2O3S2. The van der Waals surface area contributed by atoms with Crippen molar-refractivity contribution in [3.8, 4) is 0 Å². The Kier molecular flexibility index (Phi) is 6.63. The molecule has 1 unspecified atom stereocenters. The molecule has 1 saturated heterocycles. The van der Waals surface area contributed by atoms with E-state index >= 15 is 0 Å². The summed E-state index contributed by atoms with van der Waals surface area (Å²) in [7, 11) is -3.37. The van der Waals surface area contributed by atoms with Crippen molar-refractivity contribution in [3.63, 3.8) is 0 Å². The van der Waals surface area contributed by atoms with Gasteiger partial charge in [0.25, 0.3) is 0 Å². The second kappa shape index (κ2) is 8.24. The van der Waals surface area contributed by atoms with Crippen LogP contribution in [-0.4, -0.2) is 34.7 Å². The molecule has 1 aliphatic rings. The Bertz CT molecular complexity index is 522. The van der Waals surface area contributed by atoms with E-state index in [9.17, 15) is 8.42 Å². The van der Waals surface area contributed by atoms with Gasteiger partial charge in [0.15, 0.2) is 0 Å². The molecule has 2 rings (SSSR count). The fourth-order valence-electron chi connectivity index (χ4n) is 2.27. The molecular weight excluding hydrogens is 308 g/mol. The quantitative estimate of drug-likeness (QED) is 0.678. The first kappa shape index (κ1) is 16.9. The van der Waals surface area contributed by atoms with Crippen LogP contribution in [-0.2, 0) is 21.3 Å². The molecule has 1 aromatic rings. The minimum Gasteiger partial charge on any atom is -0.381 e.